The third kappa shape index (κ3) is 4.81. The highest BCUT2D eigenvalue weighted by Crippen LogP contribution is 2.28. The van der Waals surface area contributed by atoms with Crippen molar-refractivity contribution in [1.82, 2.24) is 5.32 Å². The molecule has 1 N–H and O–H groups in total. The highest BCUT2D eigenvalue weighted by Gasteiger charge is 2.25. The Balaban J connectivity index is 1.72. The Bertz CT molecular complexity index is 428. The van der Waals surface area contributed by atoms with Gasteiger partial charge in [-0.05, 0) is 44.0 Å². The van der Waals surface area contributed by atoms with E-state index in [0.29, 0.717) is 28.5 Å². The summed E-state index contributed by atoms with van der Waals surface area (Å²) < 4.78 is 11.7. The van der Waals surface area contributed by atoms with Gasteiger partial charge in [0.15, 0.2) is 0 Å². The first-order valence-corrected chi connectivity index (χ1v) is 7.88. The van der Waals surface area contributed by atoms with Gasteiger partial charge in [0.1, 0.15) is 12.4 Å². The van der Waals surface area contributed by atoms with Crippen molar-refractivity contribution in [3.8, 4) is 5.75 Å². The summed E-state index contributed by atoms with van der Waals surface area (Å²) in [6.07, 6.45) is 3.71. The number of halogens is 2. The zero-order chi connectivity index (χ0) is 14.4. The lowest BCUT2D eigenvalue weighted by Gasteiger charge is -2.15. The average molecular weight is 318 g/mol. The standard InChI is InChI=1S/C15H21Cl2NO2/c1-2-7-18-9-12-4-5-13(20-12)10-19-15-6-3-11(16)8-14(15)17/h3,6,8,12-13,18H,2,4-5,7,9-10H2,1H3. The zero-order valence-electron chi connectivity index (χ0n) is 11.7. The van der Waals surface area contributed by atoms with E-state index in [0.717, 1.165) is 32.4 Å². The highest BCUT2D eigenvalue weighted by atomic mass is 35.5. The first-order chi connectivity index (χ1) is 9.69. The predicted octanol–water partition coefficient (Wildman–Crippen LogP) is 3.92. The Labute approximate surface area is 130 Å². The van der Waals surface area contributed by atoms with Crippen molar-refractivity contribution in [3.05, 3.63) is 28.2 Å². The molecule has 0 radical (unpaired) electrons. The van der Waals surface area contributed by atoms with Crippen molar-refractivity contribution in [2.45, 2.75) is 38.4 Å². The smallest absolute Gasteiger partial charge is 0.138 e. The Hall–Kier alpha value is -0.480. The molecule has 0 spiro atoms. The fourth-order valence-electron chi connectivity index (χ4n) is 2.27. The van der Waals surface area contributed by atoms with Gasteiger partial charge in [0.25, 0.3) is 0 Å². The Morgan fingerprint density at radius 1 is 1.30 bits per heavy atom. The number of benzene rings is 1. The molecule has 2 rings (SSSR count). The molecule has 2 unspecified atom stereocenters. The lowest BCUT2D eigenvalue weighted by molar-refractivity contribution is 0.0187. The van der Waals surface area contributed by atoms with Crippen LogP contribution < -0.4 is 10.1 Å². The fourth-order valence-corrected chi connectivity index (χ4v) is 2.73. The lowest BCUT2D eigenvalue weighted by Crippen LogP contribution is -2.28. The zero-order valence-corrected chi connectivity index (χ0v) is 13.2. The summed E-state index contributed by atoms with van der Waals surface area (Å²) in [5.41, 5.74) is 0. The maximum Gasteiger partial charge on any atom is 0.138 e. The lowest BCUT2D eigenvalue weighted by atomic mass is 10.2. The van der Waals surface area contributed by atoms with E-state index in [4.69, 9.17) is 32.7 Å². The van der Waals surface area contributed by atoms with Crippen molar-refractivity contribution < 1.29 is 9.47 Å². The molecule has 1 saturated heterocycles. The van der Waals surface area contributed by atoms with Crippen molar-refractivity contribution in [2.24, 2.45) is 0 Å². The highest BCUT2D eigenvalue weighted by molar-refractivity contribution is 6.35. The summed E-state index contributed by atoms with van der Waals surface area (Å²) in [4.78, 5) is 0. The molecule has 3 nitrogen and oxygen atoms in total. The number of nitrogens with one attached hydrogen (secondary N) is 1. The van der Waals surface area contributed by atoms with E-state index in [1.165, 1.54) is 0 Å². The van der Waals surface area contributed by atoms with Crippen LogP contribution in [0.2, 0.25) is 10.0 Å². The topological polar surface area (TPSA) is 30.5 Å². The molecule has 2 atom stereocenters. The molecule has 0 aromatic heterocycles. The fraction of sp³-hybridized carbons (Fsp3) is 0.600. The monoisotopic (exact) mass is 317 g/mol. The van der Waals surface area contributed by atoms with Crippen molar-refractivity contribution in [3.63, 3.8) is 0 Å². The van der Waals surface area contributed by atoms with Gasteiger partial charge in [0, 0.05) is 11.6 Å². The van der Waals surface area contributed by atoms with Gasteiger partial charge in [-0.2, -0.15) is 0 Å². The average Bonchev–Trinajstić information content (AvgIpc) is 2.86. The molecule has 0 amide bonds. The predicted molar refractivity (Wildman–Crippen MR) is 83.0 cm³/mol. The second kappa shape index (κ2) is 8.08. The molecular weight excluding hydrogens is 297 g/mol. The quantitative estimate of drug-likeness (QED) is 0.773. The van der Waals surface area contributed by atoms with Gasteiger partial charge in [-0.25, -0.2) is 0 Å². The summed E-state index contributed by atoms with van der Waals surface area (Å²) >= 11 is 11.9. The van der Waals surface area contributed by atoms with Crippen LogP contribution >= 0.6 is 23.2 Å². The Kier molecular flexibility index (Phi) is 6.43. The van der Waals surface area contributed by atoms with Crippen LogP contribution in [0, 0.1) is 0 Å². The number of hydrogen-bond donors (Lipinski definition) is 1. The summed E-state index contributed by atoms with van der Waals surface area (Å²) in [5.74, 6) is 0.659. The van der Waals surface area contributed by atoms with Gasteiger partial charge in [-0.3, -0.25) is 0 Å². The van der Waals surface area contributed by atoms with Crippen LogP contribution in [0.1, 0.15) is 26.2 Å². The van der Waals surface area contributed by atoms with Gasteiger partial charge in [0.2, 0.25) is 0 Å². The van der Waals surface area contributed by atoms with E-state index < -0.39 is 0 Å². The molecule has 0 saturated carbocycles. The van der Waals surface area contributed by atoms with E-state index in [1.807, 2.05) is 0 Å². The molecule has 1 aliphatic rings. The van der Waals surface area contributed by atoms with Crippen LogP contribution in [0.5, 0.6) is 5.75 Å². The van der Waals surface area contributed by atoms with Gasteiger partial charge >= 0.3 is 0 Å². The van der Waals surface area contributed by atoms with Crippen LogP contribution in [0.25, 0.3) is 0 Å². The third-order valence-corrected chi connectivity index (χ3v) is 3.84. The molecule has 112 valence electrons. The molecule has 1 aromatic carbocycles. The Morgan fingerprint density at radius 3 is 2.85 bits per heavy atom. The summed E-state index contributed by atoms with van der Waals surface area (Å²) in [6.45, 7) is 4.66. The van der Waals surface area contributed by atoms with Gasteiger partial charge in [-0.1, -0.05) is 30.1 Å². The maximum absolute atomic E-state index is 6.07. The van der Waals surface area contributed by atoms with Crippen molar-refractivity contribution in [2.75, 3.05) is 19.7 Å². The van der Waals surface area contributed by atoms with Crippen LogP contribution in [-0.4, -0.2) is 31.9 Å². The van der Waals surface area contributed by atoms with Crippen LogP contribution in [0.4, 0.5) is 0 Å². The maximum atomic E-state index is 6.07. The largest absolute Gasteiger partial charge is 0.489 e. The van der Waals surface area contributed by atoms with Crippen LogP contribution in [-0.2, 0) is 4.74 Å². The van der Waals surface area contributed by atoms with Gasteiger partial charge in [0.05, 0.1) is 17.2 Å². The summed E-state index contributed by atoms with van der Waals surface area (Å²) in [6, 6.07) is 5.25. The molecule has 1 fully saturated rings. The minimum Gasteiger partial charge on any atom is -0.489 e. The molecule has 20 heavy (non-hydrogen) atoms. The molecular formula is C15H21Cl2NO2. The number of hydrogen-bond acceptors (Lipinski definition) is 3. The molecule has 5 heteroatoms. The van der Waals surface area contributed by atoms with Crippen molar-refractivity contribution in [1.29, 1.82) is 0 Å². The number of ether oxygens (including phenoxy) is 2. The number of rotatable bonds is 7. The minimum absolute atomic E-state index is 0.148. The van der Waals surface area contributed by atoms with Crippen molar-refractivity contribution >= 4 is 23.2 Å². The molecule has 1 heterocycles. The van der Waals surface area contributed by atoms with E-state index >= 15 is 0 Å². The molecule has 1 aromatic rings. The second-order valence-corrected chi connectivity index (χ2v) is 5.89. The third-order valence-electron chi connectivity index (χ3n) is 3.31. The first-order valence-electron chi connectivity index (χ1n) is 7.13. The van der Waals surface area contributed by atoms with E-state index in [1.54, 1.807) is 18.2 Å². The SMILES string of the molecule is CCCNCC1CCC(COc2ccc(Cl)cc2Cl)O1. The minimum atomic E-state index is 0.148. The van der Waals surface area contributed by atoms with Crippen LogP contribution in [0.15, 0.2) is 18.2 Å². The van der Waals surface area contributed by atoms with E-state index in [-0.39, 0.29) is 6.10 Å². The van der Waals surface area contributed by atoms with E-state index in [2.05, 4.69) is 12.2 Å². The molecule has 0 aliphatic carbocycles. The molecule has 1 aliphatic heterocycles. The summed E-state index contributed by atoms with van der Waals surface area (Å²) in [5, 5.41) is 4.54. The normalized spacial score (nSPS) is 22.1. The summed E-state index contributed by atoms with van der Waals surface area (Å²) in [7, 11) is 0. The Morgan fingerprint density at radius 2 is 2.10 bits per heavy atom. The van der Waals surface area contributed by atoms with E-state index in [9.17, 15) is 0 Å². The second-order valence-electron chi connectivity index (χ2n) is 5.05. The van der Waals surface area contributed by atoms with Crippen LogP contribution in [0.3, 0.4) is 0 Å². The molecule has 0 bridgehead atoms. The van der Waals surface area contributed by atoms with Gasteiger partial charge in [-0.15, -0.1) is 0 Å². The first kappa shape index (κ1) is 15.9. The van der Waals surface area contributed by atoms with Gasteiger partial charge < -0.3 is 14.8 Å².